The number of rotatable bonds is 3. The van der Waals surface area contributed by atoms with Gasteiger partial charge in [0, 0.05) is 16.2 Å². The summed E-state index contributed by atoms with van der Waals surface area (Å²) in [7, 11) is 1.11. The van der Waals surface area contributed by atoms with Crippen LogP contribution in [0.15, 0.2) is 16.7 Å². The lowest BCUT2D eigenvalue weighted by Gasteiger charge is -2.16. The summed E-state index contributed by atoms with van der Waals surface area (Å²) in [6.45, 7) is 0. The molecule has 0 saturated carbocycles. The molecule has 1 aromatic rings. The predicted molar refractivity (Wildman–Crippen MR) is 59.9 cm³/mol. The molecule has 0 fully saturated rings. The first-order chi connectivity index (χ1) is 7.47. The number of aromatic nitrogens is 1. The van der Waals surface area contributed by atoms with Gasteiger partial charge < -0.3 is 14.9 Å². The molecule has 0 amide bonds. The molecule has 0 aliphatic rings. The summed E-state index contributed by atoms with van der Waals surface area (Å²) >= 11 is 8.87. The minimum Gasteiger partial charge on any atom is -0.467 e. The number of halogens is 2. The third-order valence-electron chi connectivity index (χ3n) is 1.89. The van der Waals surface area contributed by atoms with Crippen molar-refractivity contribution in [1.82, 2.24) is 4.98 Å². The smallest absolute Gasteiger partial charge is 0.337 e. The summed E-state index contributed by atoms with van der Waals surface area (Å²) in [6, 6.07) is 1.46. The standard InChI is InChI=1S/C9H9BrClNO4/c1-16-9(15)7(14)6(13)5-2-4(10)3-12-8(5)11/h2-3,6-7,13-14H,1H3. The third kappa shape index (κ3) is 2.91. The van der Waals surface area contributed by atoms with Crippen molar-refractivity contribution < 1.29 is 19.7 Å². The highest BCUT2D eigenvalue weighted by Gasteiger charge is 2.28. The van der Waals surface area contributed by atoms with Crippen molar-refractivity contribution in [2.24, 2.45) is 0 Å². The molecule has 0 aliphatic carbocycles. The molecule has 2 N–H and O–H groups in total. The van der Waals surface area contributed by atoms with E-state index in [-0.39, 0.29) is 10.7 Å². The summed E-state index contributed by atoms with van der Waals surface area (Å²) in [5, 5.41) is 19.1. The highest BCUT2D eigenvalue weighted by atomic mass is 79.9. The van der Waals surface area contributed by atoms with Gasteiger partial charge in [-0.1, -0.05) is 11.6 Å². The molecule has 0 bridgehead atoms. The van der Waals surface area contributed by atoms with E-state index in [1.807, 2.05) is 0 Å². The summed E-state index contributed by atoms with van der Waals surface area (Å²) < 4.78 is 4.87. The zero-order valence-corrected chi connectivity index (χ0v) is 10.6. The van der Waals surface area contributed by atoms with E-state index in [2.05, 4.69) is 25.7 Å². The van der Waals surface area contributed by atoms with Crippen molar-refractivity contribution in [2.75, 3.05) is 7.11 Å². The van der Waals surface area contributed by atoms with Gasteiger partial charge in [0.05, 0.1) is 7.11 Å². The topological polar surface area (TPSA) is 79.7 Å². The van der Waals surface area contributed by atoms with Crippen molar-refractivity contribution in [1.29, 1.82) is 0 Å². The van der Waals surface area contributed by atoms with Crippen LogP contribution in [-0.4, -0.2) is 34.4 Å². The number of carbonyl (C=O) groups is 1. The molecule has 1 aromatic heterocycles. The molecule has 0 aromatic carbocycles. The Labute approximate surface area is 105 Å². The van der Waals surface area contributed by atoms with Crippen LogP contribution in [0.5, 0.6) is 0 Å². The Morgan fingerprint density at radius 3 is 2.81 bits per heavy atom. The summed E-state index contributed by atoms with van der Waals surface area (Å²) in [6.07, 6.45) is -1.74. The molecule has 0 radical (unpaired) electrons. The number of carbonyl (C=O) groups excluding carboxylic acids is 1. The van der Waals surface area contributed by atoms with Gasteiger partial charge in [0.1, 0.15) is 11.3 Å². The fraction of sp³-hybridized carbons (Fsp3) is 0.333. The number of esters is 1. The largest absolute Gasteiger partial charge is 0.467 e. The Hall–Kier alpha value is -0.690. The molecule has 0 spiro atoms. The number of nitrogens with zero attached hydrogens (tertiary/aromatic N) is 1. The second-order valence-corrected chi connectivity index (χ2v) is 4.22. The quantitative estimate of drug-likeness (QED) is 0.645. The van der Waals surface area contributed by atoms with E-state index >= 15 is 0 Å². The van der Waals surface area contributed by atoms with Crippen LogP contribution in [0.1, 0.15) is 11.7 Å². The van der Waals surface area contributed by atoms with Crippen LogP contribution in [0.25, 0.3) is 0 Å². The molecule has 1 rings (SSSR count). The highest BCUT2D eigenvalue weighted by molar-refractivity contribution is 9.10. The Balaban J connectivity index is 2.99. The average Bonchev–Trinajstić information content (AvgIpc) is 2.29. The molecule has 0 saturated heterocycles. The van der Waals surface area contributed by atoms with Crippen molar-refractivity contribution in [2.45, 2.75) is 12.2 Å². The lowest BCUT2D eigenvalue weighted by molar-refractivity contribution is -0.156. The number of hydrogen-bond donors (Lipinski definition) is 2. The Bertz CT molecular complexity index is 401. The molecule has 7 heteroatoms. The van der Waals surface area contributed by atoms with Crippen molar-refractivity contribution >= 4 is 33.5 Å². The van der Waals surface area contributed by atoms with Gasteiger partial charge in [0.2, 0.25) is 0 Å². The zero-order chi connectivity index (χ0) is 12.3. The molecule has 0 aliphatic heterocycles. The minimum atomic E-state index is -1.70. The van der Waals surface area contributed by atoms with Crippen LogP contribution in [0, 0.1) is 0 Å². The van der Waals surface area contributed by atoms with Crippen LogP contribution < -0.4 is 0 Å². The zero-order valence-electron chi connectivity index (χ0n) is 8.22. The van der Waals surface area contributed by atoms with E-state index in [0.29, 0.717) is 4.47 Å². The number of hydrogen-bond acceptors (Lipinski definition) is 5. The number of ether oxygens (including phenoxy) is 1. The van der Waals surface area contributed by atoms with Crippen LogP contribution in [0.3, 0.4) is 0 Å². The first kappa shape index (κ1) is 13.4. The summed E-state index contributed by atoms with van der Waals surface area (Å²) in [5.41, 5.74) is 0.147. The van der Waals surface area contributed by atoms with Gasteiger partial charge in [0.25, 0.3) is 0 Å². The number of pyridine rings is 1. The Kier molecular flexibility index (Phi) is 4.67. The minimum absolute atomic E-state index is 0.0126. The van der Waals surface area contributed by atoms with Gasteiger partial charge in [-0.2, -0.15) is 0 Å². The van der Waals surface area contributed by atoms with Crippen molar-refractivity contribution in [3.05, 3.63) is 27.5 Å². The molecule has 1 heterocycles. The normalized spacial score (nSPS) is 14.3. The third-order valence-corrected chi connectivity index (χ3v) is 2.64. The van der Waals surface area contributed by atoms with E-state index in [1.54, 1.807) is 0 Å². The Morgan fingerprint density at radius 2 is 2.25 bits per heavy atom. The molecule has 88 valence electrons. The van der Waals surface area contributed by atoms with Gasteiger partial charge in [-0.05, 0) is 22.0 Å². The molecule has 2 atom stereocenters. The molecule has 16 heavy (non-hydrogen) atoms. The van der Waals surface area contributed by atoms with Crippen molar-refractivity contribution in [3.8, 4) is 0 Å². The van der Waals surface area contributed by atoms with E-state index < -0.39 is 18.2 Å². The number of aliphatic hydroxyl groups excluding tert-OH is 2. The fourth-order valence-corrected chi connectivity index (χ4v) is 1.63. The second kappa shape index (κ2) is 5.58. The summed E-state index contributed by atoms with van der Waals surface area (Å²) in [4.78, 5) is 14.8. The first-order valence-corrected chi connectivity index (χ1v) is 5.39. The van der Waals surface area contributed by atoms with Gasteiger partial charge in [0.15, 0.2) is 6.10 Å². The second-order valence-electron chi connectivity index (χ2n) is 2.95. The maximum Gasteiger partial charge on any atom is 0.337 e. The lowest BCUT2D eigenvalue weighted by Crippen LogP contribution is -2.29. The Morgan fingerprint density at radius 1 is 1.62 bits per heavy atom. The van der Waals surface area contributed by atoms with Gasteiger partial charge >= 0.3 is 5.97 Å². The molecular formula is C9H9BrClNO4. The average molecular weight is 311 g/mol. The van der Waals surface area contributed by atoms with Crippen LogP contribution in [-0.2, 0) is 9.53 Å². The first-order valence-electron chi connectivity index (χ1n) is 4.22. The highest BCUT2D eigenvalue weighted by Crippen LogP contribution is 2.26. The molecular weight excluding hydrogens is 301 g/mol. The van der Waals surface area contributed by atoms with E-state index in [4.69, 9.17) is 11.6 Å². The van der Waals surface area contributed by atoms with E-state index in [9.17, 15) is 15.0 Å². The molecule has 2 unspecified atom stereocenters. The van der Waals surface area contributed by atoms with Crippen LogP contribution in [0.2, 0.25) is 5.15 Å². The van der Waals surface area contributed by atoms with Crippen LogP contribution >= 0.6 is 27.5 Å². The monoisotopic (exact) mass is 309 g/mol. The van der Waals surface area contributed by atoms with Gasteiger partial charge in [-0.15, -0.1) is 0 Å². The fourth-order valence-electron chi connectivity index (χ4n) is 1.07. The molecule has 5 nitrogen and oxygen atoms in total. The van der Waals surface area contributed by atoms with E-state index in [1.165, 1.54) is 12.3 Å². The number of aliphatic hydroxyl groups is 2. The predicted octanol–water partition coefficient (Wildman–Crippen LogP) is 1.06. The van der Waals surface area contributed by atoms with Crippen LogP contribution in [0.4, 0.5) is 0 Å². The summed E-state index contributed by atoms with van der Waals surface area (Å²) in [5.74, 6) is -0.941. The maximum absolute atomic E-state index is 11.0. The SMILES string of the molecule is COC(=O)C(O)C(O)c1cc(Br)cnc1Cl. The van der Waals surface area contributed by atoms with Gasteiger partial charge in [-0.3, -0.25) is 0 Å². The lowest BCUT2D eigenvalue weighted by atomic mass is 10.1. The van der Waals surface area contributed by atoms with Gasteiger partial charge in [-0.25, -0.2) is 9.78 Å². The van der Waals surface area contributed by atoms with Crippen molar-refractivity contribution in [3.63, 3.8) is 0 Å². The maximum atomic E-state index is 11.0. The number of methoxy groups -OCH3 is 1. The van der Waals surface area contributed by atoms with E-state index in [0.717, 1.165) is 7.11 Å².